The Bertz CT molecular complexity index is 286. The van der Waals surface area contributed by atoms with E-state index in [1.807, 2.05) is 20.8 Å². The van der Waals surface area contributed by atoms with Gasteiger partial charge in [-0.05, 0) is 39.0 Å². The molecule has 3 atom stereocenters. The van der Waals surface area contributed by atoms with Gasteiger partial charge in [-0.1, -0.05) is 26.7 Å². The largest absolute Gasteiger partial charge is 0.444 e. The normalized spacial score (nSPS) is 27.9. The van der Waals surface area contributed by atoms with E-state index in [9.17, 15) is 4.79 Å². The number of alkyl carbamates (subject to hydrolysis) is 1. The smallest absolute Gasteiger partial charge is 0.407 e. The van der Waals surface area contributed by atoms with Crippen LogP contribution in [0, 0.1) is 11.8 Å². The summed E-state index contributed by atoms with van der Waals surface area (Å²) < 4.78 is 5.19. The van der Waals surface area contributed by atoms with Crippen molar-refractivity contribution in [2.75, 3.05) is 13.1 Å². The van der Waals surface area contributed by atoms with E-state index in [0.29, 0.717) is 12.6 Å². The number of amides is 1. The predicted octanol–water partition coefficient (Wildman–Crippen LogP) is 2.93. The highest BCUT2D eigenvalue weighted by atomic mass is 16.6. The zero-order valence-corrected chi connectivity index (χ0v) is 13.1. The van der Waals surface area contributed by atoms with E-state index in [1.165, 1.54) is 19.3 Å². The second-order valence-corrected chi connectivity index (χ2v) is 6.76. The number of carbonyl (C=O) groups excluding carboxylic acids is 1. The van der Waals surface area contributed by atoms with E-state index in [4.69, 9.17) is 4.74 Å². The first-order chi connectivity index (χ1) is 8.79. The monoisotopic (exact) mass is 270 g/mol. The molecule has 19 heavy (non-hydrogen) atoms. The fourth-order valence-electron chi connectivity index (χ4n) is 2.61. The lowest BCUT2D eigenvalue weighted by Gasteiger charge is -2.34. The van der Waals surface area contributed by atoms with Gasteiger partial charge < -0.3 is 15.4 Å². The molecule has 0 aliphatic heterocycles. The molecule has 4 heteroatoms. The Morgan fingerprint density at radius 1 is 1.21 bits per heavy atom. The van der Waals surface area contributed by atoms with Crippen molar-refractivity contribution in [2.45, 2.75) is 65.5 Å². The molecule has 112 valence electrons. The maximum Gasteiger partial charge on any atom is 0.407 e. The molecule has 3 unspecified atom stereocenters. The summed E-state index contributed by atoms with van der Waals surface area (Å²) in [4.78, 5) is 11.5. The van der Waals surface area contributed by atoms with Gasteiger partial charge in [0.15, 0.2) is 0 Å². The van der Waals surface area contributed by atoms with Crippen molar-refractivity contribution in [3.8, 4) is 0 Å². The van der Waals surface area contributed by atoms with Gasteiger partial charge in [-0.2, -0.15) is 0 Å². The first-order valence-corrected chi connectivity index (χ1v) is 7.50. The highest BCUT2D eigenvalue weighted by Crippen LogP contribution is 2.29. The molecule has 0 aromatic rings. The Morgan fingerprint density at radius 2 is 1.89 bits per heavy atom. The number of hydrogen-bond acceptors (Lipinski definition) is 3. The minimum absolute atomic E-state index is 0.334. The minimum Gasteiger partial charge on any atom is -0.444 e. The van der Waals surface area contributed by atoms with E-state index in [-0.39, 0.29) is 6.09 Å². The van der Waals surface area contributed by atoms with E-state index in [1.54, 1.807) is 0 Å². The van der Waals surface area contributed by atoms with Crippen LogP contribution in [0.4, 0.5) is 4.79 Å². The van der Waals surface area contributed by atoms with Gasteiger partial charge in [-0.3, -0.25) is 0 Å². The van der Waals surface area contributed by atoms with Crippen molar-refractivity contribution < 1.29 is 9.53 Å². The third kappa shape index (κ3) is 6.28. The van der Waals surface area contributed by atoms with Crippen LogP contribution in [-0.4, -0.2) is 30.8 Å². The molecule has 1 aliphatic carbocycles. The second-order valence-electron chi connectivity index (χ2n) is 6.76. The van der Waals surface area contributed by atoms with Gasteiger partial charge in [0.2, 0.25) is 0 Å². The highest BCUT2D eigenvalue weighted by molar-refractivity contribution is 5.67. The van der Waals surface area contributed by atoms with E-state index < -0.39 is 5.60 Å². The fraction of sp³-hybridized carbons (Fsp3) is 0.933. The Balaban J connectivity index is 2.15. The minimum atomic E-state index is -0.426. The Morgan fingerprint density at radius 3 is 2.53 bits per heavy atom. The van der Waals surface area contributed by atoms with E-state index in [2.05, 4.69) is 24.5 Å². The maximum atomic E-state index is 11.5. The van der Waals surface area contributed by atoms with Crippen LogP contribution in [0.5, 0.6) is 0 Å². The Kier molecular flexibility index (Phi) is 6.11. The molecule has 4 nitrogen and oxygen atoms in total. The summed E-state index contributed by atoms with van der Waals surface area (Å²) >= 11 is 0. The molecule has 1 aliphatic rings. The lowest BCUT2D eigenvalue weighted by molar-refractivity contribution is 0.0527. The molecule has 1 amide bonds. The van der Waals surface area contributed by atoms with Crippen LogP contribution in [0.15, 0.2) is 0 Å². The van der Waals surface area contributed by atoms with Crippen molar-refractivity contribution in [2.24, 2.45) is 11.8 Å². The number of hydrogen-bond donors (Lipinski definition) is 2. The van der Waals surface area contributed by atoms with Crippen LogP contribution in [-0.2, 0) is 4.74 Å². The summed E-state index contributed by atoms with van der Waals surface area (Å²) in [5.74, 6) is 1.51. The van der Waals surface area contributed by atoms with Crippen molar-refractivity contribution in [3.63, 3.8) is 0 Å². The van der Waals surface area contributed by atoms with Crippen molar-refractivity contribution in [1.82, 2.24) is 10.6 Å². The number of rotatable bonds is 4. The summed E-state index contributed by atoms with van der Waals surface area (Å²) in [5, 5.41) is 6.33. The topological polar surface area (TPSA) is 50.4 Å². The fourth-order valence-corrected chi connectivity index (χ4v) is 2.61. The highest BCUT2D eigenvalue weighted by Gasteiger charge is 2.26. The lowest BCUT2D eigenvalue weighted by atomic mass is 9.78. The zero-order valence-electron chi connectivity index (χ0n) is 13.1. The van der Waals surface area contributed by atoms with Crippen molar-refractivity contribution in [3.05, 3.63) is 0 Å². The number of ether oxygens (including phenoxy) is 1. The van der Waals surface area contributed by atoms with Crippen LogP contribution in [0.1, 0.15) is 53.9 Å². The number of nitrogens with one attached hydrogen (secondary N) is 2. The molecule has 0 saturated heterocycles. The average Bonchev–Trinajstić information content (AvgIpc) is 2.27. The SMILES string of the molecule is CC1CCCC(NCCNC(=O)OC(C)(C)C)C1C. The van der Waals surface area contributed by atoms with Crippen LogP contribution in [0.2, 0.25) is 0 Å². The van der Waals surface area contributed by atoms with Gasteiger partial charge >= 0.3 is 6.09 Å². The van der Waals surface area contributed by atoms with Gasteiger partial charge in [0.1, 0.15) is 5.60 Å². The first-order valence-electron chi connectivity index (χ1n) is 7.50. The molecule has 0 heterocycles. The van der Waals surface area contributed by atoms with Gasteiger partial charge in [0.05, 0.1) is 0 Å². The van der Waals surface area contributed by atoms with Crippen molar-refractivity contribution >= 4 is 6.09 Å². The molecule has 0 spiro atoms. The van der Waals surface area contributed by atoms with Gasteiger partial charge in [-0.25, -0.2) is 4.79 Å². The summed E-state index contributed by atoms with van der Waals surface area (Å²) in [7, 11) is 0. The summed E-state index contributed by atoms with van der Waals surface area (Å²) in [6, 6.07) is 0.587. The summed E-state index contributed by atoms with van der Waals surface area (Å²) in [6.45, 7) is 11.7. The first kappa shape index (κ1) is 16.3. The number of carbonyl (C=O) groups is 1. The molecular formula is C15H30N2O2. The predicted molar refractivity (Wildman–Crippen MR) is 78.2 cm³/mol. The molecule has 0 aromatic heterocycles. The quantitative estimate of drug-likeness (QED) is 0.772. The molecular weight excluding hydrogens is 240 g/mol. The second kappa shape index (κ2) is 7.13. The van der Waals surface area contributed by atoms with Gasteiger partial charge in [-0.15, -0.1) is 0 Å². The lowest BCUT2D eigenvalue weighted by Crippen LogP contribution is -2.44. The zero-order chi connectivity index (χ0) is 14.5. The molecule has 0 radical (unpaired) electrons. The Hall–Kier alpha value is -0.770. The van der Waals surface area contributed by atoms with Crippen LogP contribution < -0.4 is 10.6 Å². The van der Waals surface area contributed by atoms with Crippen LogP contribution in [0.3, 0.4) is 0 Å². The van der Waals surface area contributed by atoms with Crippen LogP contribution >= 0.6 is 0 Å². The van der Waals surface area contributed by atoms with Crippen LogP contribution in [0.25, 0.3) is 0 Å². The Labute approximate surface area is 117 Å². The van der Waals surface area contributed by atoms with E-state index >= 15 is 0 Å². The molecule has 1 saturated carbocycles. The summed E-state index contributed by atoms with van der Waals surface area (Å²) in [5.41, 5.74) is -0.426. The van der Waals surface area contributed by atoms with Gasteiger partial charge in [0, 0.05) is 19.1 Å². The third-order valence-corrected chi connectivity index (χ3v) is 3.91. The molecule has 1 fully saturated rings. The third-order valence-electron chi connectivity index (χ3n) is 3.91. The summed E-state index contributed by atoms with van der Waals surface area (Å²) in [6.07, 6.45) is 3.57. The molecule has 2 N–H and O–H groups in total. The average molecular weight is 270 g/mol. The standard InChI is InChI=1S/C15H30N2O2/c1-11-7-6-8-13(12(11)2)16-9-10-17-14(18)19-15(3,4)5/h11-13,16H,6-10H2,1-5H3,(H,17,18). The maximum absolute atomic E-state index is 11.5. The van der Waals surface area contributed by atoms with E-state index in [0.717, 1.165) is 18.4 Å². The molecule has 0 bridgehead atoms. The van der Waals surface area contributed by atoms with Gasteiger partial charge in [0.25, 0.3) is 0 Å². The van der Waals surface area contributed by atoms with Crippen molar-refractivity contribution in [1.29, 1.82) is 0 Å². The molecule has 1 rings (SSSR count). The molecule has 0 aromatic carbocycles.